The maximum atomic E-state index is 11.0. The lowest BCUT2D eigenvalue weighted by Crippen LogP contribution is -2.37. The molecule has 1 aromatic heterocycles. The normalized spacial score (nSPS) is 10.1. The number of ether oxygens (including phenoxy) is 1. The average molecular weight is 171 g/mol. The van der Waals surface area contributed by atoms with Crippen molar-refractivity contribution in [1.29, 1.82) is 0 Å². The monoisotopic (exact) mass is 171 g/mol. The number of nitrogens with one attached hydrogen (secondary N) is 1. The van der Waals surface area contributed by atoms with Crippen LogP contribution in [0.2, 0.25) is 0 Å². The third-order valence-electron chi connectivity index (χ3n) is 1.25. The Labute approximate surface area is 67.8 Å². The maximum absolute atomic E-state index is 11.0. The Morgan fingerprint density at radius 1 is 1.67 bits per heavy atom. The van der Waals surface area contributed by atoms with E-state index in [0.717, 1.165) is 4.57 Å². The van der Waals surface area contributed by atoms with Crippen LogP contribution in [0, 0.1) is 0 Å². The summed E-state index contributed by atoms with van der Waals surface area (Å²) in [7, 11) is 0. The zero-order valence-corrected chi connectivity index (χ0v) is 6.61. The Morgan fingerprint density at radius 3 is 3.08 bits per heavy atom. The summed E-state index contributed by atoms with van der Waals surface area (Å²) in [5, 5.41) is 5.47. The summed E-state index contributed by atoms with van der Waals surface area (Å²) in [6.45, 7) is 2.34. The lowest BCUT2D eigenvalue weighted by Gasteiger charge is -2.01. The molecular weight excluding hydrogens is 162 g/mol. The largest absolute Gasteiger partial charge is 0.361 e. The smallest absolute Gasteiger partial charge is 0.330 e. The Balaban J connectivity index is 2.93. The molecule has 66 valence electrons. The molecule has 1 N–H and O–H groups in total. The van der Waals surface area contributed by atoms with Gasteiger partial charge in [-0.05, 0) is 6.92 Å². The second-order valence-corrected chi connectivity index (χ2v) is 2.08. The Hall–Kier alpha value is -1.43. The molecule has 1 rings (SSSR count). The van der Waals surface area contributed by atoms with E-state index < -0.39 is 11.1 Å². The minimum atomic E-state index is -0.739. The summed E-state index contributed by atoms with van der Waals surface area (Å²) in [4.78, 5) is 21.7. The molecule has 1 aromatic rings. The van der Waals surface area contributed by atoms with Gasteiger partial charge in [0.15, 0.2) is 0 Å². The van der Waals surface area contributed by atoms with Crippen LogP contribution in [0.3, 0.4) is 0 Å². The van der Waals surface area contributed by atoms with Crippen LogP contribution in [0.4, 0.5) is 0 Å². The van der Waals surface area contributed by atoms with Crippen LogP contribution in [0.25, 0.3) is 0 Å². The molecule has 0 atom stereocenters. The van der Waals surface area contributed by atoms with Gasteiger partial charge < -0.3 is 4.74 Å². The molecule has 0 bridgehead atoms. The molecule has 0 aromatic carbocycles. The van der Waals surface area contributed by atoms with E-state index in [1.807, 2.05) is 5.10 Å². The zero-order valence-electron chi connectivity index (χ0n) is 6.61. The predicted octanol–water partition coefficient (Wildman–Crippen LogP) is -1.07. The van der Waals surface area contributed by atoms with E-state index in [0.29, 0.717) is 6.61 Å². The van der Waals surface area contributed by atoms with Gasteiger partial charge in [-0.3, -0.25) is 14.2 Å². The predicted molar refractivity (Wildman–Crippen MR) is 40.7 cm³/mol. The van der Waals surface area contributed by atoms with Crippen molar-refractivity contribution < 1.29 is 4.74 Å². The first kappa shape index (κ1) is 8.66. The number of hydrogen-bond donors (Lipinski definition) is 1. The van der Waals surface area contributed by atoms with Gasteiger partial charge in [-0.1, -0.05) is 0 Å². The number of hydrogen-bond acceptors (Lipinski definition) is 4. The van der Waals surface area contributed by atoms with E-state index in [9.17, 15) is 9.59 Å². The molecular formula is C6H9N3O3. The first-order chi connectivity index (χ1) is 5.75. The molecule has 12 heavy (non-hydrogen) atoms. The van der Waals surface area contributed by atoms with Gasteiger partial charge in [0.05, 0.1) is 0 Å². The molecule has 0 unspecified atom stereocenters. The van der Waals surface area contributed by atoms with Crippen molar-refractivity contribution in [2.75, 3.05) is 6.61 Å². The summed E-state index contributed by atoms with van der Waals surface area (Å²) < 4.78 is 6.03. The third kappa shape index (κ3) is 1.79. The number of aromatic amines is 1. The molecule has 0 aliphatic heterocycles. The fraction of sp³-hybridized carbons (Fsp3) is 0.500. The van der Waals surface area contributed by atoms with Crippen molar-refractivity contribution in [3.8, 4) is 0 Å². The number of nitrogens with zero attached hydrogens (tertiary/aromatic N) is 2. The molecule has 0 aliphatic carbocycles. The second-order valence-electron chi connectivity index (χ2n) is 2.08. The van der Waals surface area contributed by atoms with Crippen LogP contribution in [-0.4, -0.2) is 21.4 Å². The topological polar surface area (TPSA) is 77.0 Å². The van der Waals surface area contributed by atoms with Crippen LogP contribution >= 0.6 is 0 Å². The van der Waals surface area contributed by atoms with Crippen LogP contribution in [0.1, 0.15) is 6.92 Å². The van der Waals surface area contributed by atoms with Gasteiger partial charge in [0.1, 0.15) is 13.1 Å². The van der Waals surface area contributed by atoms with Gasteiger partial charge in [0.25, 0.3) is 0 Å². The quantitative estimate of drug-likeness (QED) is 0.587. The van der Waals surface area contributed by atoms with Gasteiger partial charge in [0, 0.05) is 6.61 Å². The highest BCUT2D eigenvalue weighted by molar-refractivity contribution is 4.72. The fourth-order valence-corrected chi connectivity index (χ4v) is 0.669. The van der Waals surface area contributed by atoms with Crippen LogP contribution in [0.5, 0.6) is 0 Å². The van der Waals surface area contributed by atoms with Crippen molar-refractivity contribution in [2.24, 2.45) is 0 Å². The Kier molecular flexibility index (Phi) is 2.76. The third-order valence-corrected chi connectivity index (χ3v) is 1.25. The van der Waals surface area contributed by atoms with E-state index in [1.165, 1.54) is 6.33 Å². The van der Waals surface area contributed by atoms with E-state index in [4.69, 9.17) is 4.74 Å². The van der Waals surface area contributed by atoms with Gasteiger partial charge in [0.2, 0.25) is 0 Å². The molecule has 0 aliphatic rings. The summed E-state index contributed by atoms with van der Waals surface area (Å²) in [6, 6.07) is 0. The maximum Gasteiger partial charge on any atom is 0.330 e. The Morgan fingerprint density at radius 2 is 2.42 bits per heavy atom. The Bertz CT molecular complexity index is 354. The molecule has 0 amide bonds. The van der Waals surface area contributed by atoms with Crippen molar-refractivity contribution in [3.63, 3.8) is 0 Å². The number of aromatic nitrogens is 3. The van der Waals surface area contributed by atoms with E-state index in [-0.39, 0.29) is 6.73 Å². The number of rotatable bonds is 3. The molecule has 0 saturated heterocycles. The fourth-order valence-electron chi connectivity index (χ4n) is 0.669. The summed E-state index contributed by atoms with van der Waals surface area (Å²) in [5.41, 5.74) is -1.39. The molecule has 6 nitrogen and oxygen atoms in total. The van der Waals surface area contributed by atoms with E-state index in [1.54, 1.807) is 6.92 Å². The molecule has 0 spiro atoms. The zero-order chi connectivity index (χ0) is 8.97. The lowest BCUT2D eigenvalue weighted by molar-refractivity contribution is 0.0838. The van der Waals surface area contributed by atoms with Crippen LogP contribution < -0.4 is 11.1 Å². The van der Waals surface area contributed by atoms with E-state index in [2.05, 4.69) is 5.10 Å². The van der Waals surface area contributed by atoms with Crippen molar-refractivity contribution in [1.82, 2.24) is 14.8 Å². The van der Waals surface area contributed by atoms with E-state index >= 15 is 0 Å². The van der Waals surface area contributed by atoms with Gasteiger partial charge >= 0.3 is 11.1 Å². The summed E-state index contributed by atoms with van der Waals surface area (Å²) >= 11 is 0. The first-order valence-corrected chi connectivity index (χ1v) is 3.47. The standard InChI is InChI=1S/C6H9N3O3/c1-2-12-4-9-3-7-8-5(10)6(9)11/h3H,2,4H2,1H3,(H,8,10). The molecule has 6 heteroatoms. The van der Waals surface area contributed by atoms with Crippen molar-refractivity contribution in [2.45, 2.75) is 13.7 Å². The van der Waals surface area contributed by atoms with Crippen LogP contribution in [-0.2, 0) is 11.5 Å². The minimum Gasteiger partial charge on any atom is -0.361 e. The molecule has 1 heterocycles. The minimum absolute atomic E-state index is 0.0618. The van der Waals surface area contributed by atoms with Crippen molar-refractivity contribution in [3.05, 3.63) is 27.0 Å². The average Bonchev–Trinajstić information content (AvgIpc) is 2.08. The second kappa shape index (κ2) is 3.82. The highest BCUT2D eigenvalue weighted by atomic mass is 16.5. The first-order valence-electron chi connectivity index (χ1n) is 3.47. The summed E-state index contributed by atoms with van der Waals surface area (Å²) in [5.74, 6) is 0. The number of H-pyrrole nitrogens is 1. The molecule has 0 fully saturated rings. The molecule has 0 saturated carbocycles. The summed E-state index contributed by atoms with van der Waals surface area (Å²) in [6.07, 6.45) is 1.22. The SMILES string of the molecule is CCOCn1cn[nH]c(=O)c1=O. The van der Waals surface area contributed by atoms with Gasteiger partial charge in [-0.15, -0.1) is 0 Å². The highest BCUT2D eigenvalue weighted by Gasteiger charge is 1.98. The lowest BCUT2D eigenvalue weighted by atomic mass is 10.7. The van der Waals surface area contributed by atoms with Gasteiger partial charge in [-0.2, -0.15) is 5.10 Å². The van der Waals surface area contributed by atoms with Crippen LogP contribution in [0.15, 0.2) is 15.9 Å². The van der Waals surface area contributed by atoms with Gasteiger partial charge in [-0.25, -0.2) is 5.10 Å². The van der Waals surface area contributed by atoms with Crippen molar-refractivity contribution >= 4 is 0 Å². The highest BCUT2D eigenvalue weighted by Crippen LogP contribution is 1.76. The molecule has 0 radical (unpaired) electrons.